The molecule has 1 aromatic carbocycles. The van der Waals surface area contributed by atoms with Crippen LogP contribution in [0.15, 0.2) is 38.0 Å². The van der Waals surface area contributed by atoms with Crippen molar-refractivity contribution in [1.29, 1.82) is 0 Å². The number of likely N-dealkylation sites (tertiary alicyclic amines) is 1. The van der Waals surface area contributed by atoms with Crippen molar-refractivity contribution in [2.75, 3.05) is 26.8 Å². The van der Waals surface area contributed by atoms with E-state index in [0.29, 0.717) is 55.5 Å². The topological polar surface area (TPSA) is 113 Å². The highest BCUT2D eigenvalue weighted by Crippen LogP contribution is 2.16. The lowest BCUT2D eigenvalue weighted by molar-refractivity contribution is -0.134. The van der Waals surface area contributed by atoms with Crippen molar-refractivity contribution < 1.29 is 23.2 Å². The highest BCUT2D eigenvalue weighted by molar-refractivity contribution is 5.79. The molecule has 3 aromatic rings. The van der Waals surface area contributed by atoms with Crippen molar-refractivity contribution >= 4 is 17.0 Å². The van der Waals surface area contributed by atoms with Crippen LogP contribution in [0.2, 0.25) is 0 Å². The second-order valence-corrected chi connectivity index (χ2v) is 7.16. The molecule has 1 saturated heterocycles. The highest BCUT2D eigenvalue weighted by Gasteiger charge is 2.24. The fraction of sp³-hybridized carbons (Fsp3) is 0.500. The van der Waals surface area contributed by atoms with Crippen LogP contribution >= 0.6 is 0 Å². The molecule has 0 spiro atoms. The molecule has 4 rings (SSSR count). The number of rotatable bonds is 8. The van der Waals surface area contributed by atoms with Gasteiger partial charge >= 0.3 is 5.76 Å². The van der Waals surface area contributed by atoms with Crippen LogP contribution in [0.5, 0.6) is 0 Å². The molecule has 1 aliphatic heterocycles. The lowest BCUT2D eigenvalue weighted by Crippen LogP contribution is -2.43. The van der Waals surface area contributed by atoms with Gasteiger partial charge in [0.1, 0.15) is 13.2 Å². The Morgan fingerprint density at radius 3 is 2.87 bits per heavy atom. The van der Waals surface area contributed by atoms with Crippen LogP contribution in [0.3, 0.4) is 0 Å². The Labute approximate surface area is 172 Å². The van der Waals surface area contributed by atoms with Crippen molar-refractivity contribution in [1.82, 2.24) is 19.6 Å². The zero-order valence-corrected chi connectivity index (χ0v) is 16.8. The van der Waals surface area contributed by atoms with E-state index in [1.54, 1.807) is 30.2 Å². The maximum absolute atomic E-state index is 12.7. The van der Waals surface area contributed by atoms with E-state index in [1.165, 1.54) is 4.57 Å². The van der Waals surface area contributed by atoms with Crippen LogP contribution in [0.4, 0.5) is 0 Å². The minimum atomic E-state index is -0.516. The van der Waals surface area contributed by atoms with Crippen LogP contribution in [0.25, 0.3) is 11.1 Å². The number of oxazole rings is 1. The van der Waals surface area contributed by atoms with E-state index in [1.807, 2.05) is 6.07 Å². The fourth-order valence-electron chi connectivity index (χ4n) is 3.56. The summed E-state index contributed by atoms with van der Waals surface area (Å²) in [7, 11) is 1.57. The number of carbonyl (C=O) groups is 1. The Morgan fingerprint density at radius 2 is 2.07 bits per heavy atom. The summed E-state index contributed by atoms with van der Waals surface area (Å²) in [5, 5.41) is 3.88. The molecule has 10 heteroatoms. The minimum Gasteiger partial charge on any atom is -0.408 e. The molecule has 2 aromatic heterocycles. The number of aromatic nitrogens is 3. The van der Waals surface area contributed by atoms with Crippen LogP contribution < -0.4 is 5.76 Å². The molecule has 160 valence electrons. The quantitative estimate of drug-likeness (QED) is 0.541. The van der Waals surface area contributed by atoms with Crippen LogP contribution in [-0.4, -0.2) is 58.4 Å². The number of hydrogen-bond acceptors (Lipinski definition) is 8. The monoisotopic (exact) mass is 416 g/mol. The number of carbonyl (C=O) groups excluding carboxylic acids is 1. The minimum absolute atomic E-state index is 0.0248. The Bertz CT molecular complexity index is 1050. The lowest BCUT2D eigenvalue weighted by atomic mass is 10.1. The van der Waals surface area contributed by atoms with Crippen LogP contribution in [0, 0.1) is 0 Å². The molecule has 10 nitrogen and oxygen atoms in total. The van der Waals surface area contributed by atoms with Gasteiger partial charge in [-0.15, -0.1) is 0 Å². The fourth-order valence-corrected chi connectivity index (χ4v) is 3.56. The van der Waals surface area contributed by atoms with E-state index in [2.05, 4.69) is 10.1 Å². The number of methoxy groups -OCH3 is 1. The average Bonchev–Trinajstić information content (AvgIpc) is 3.33. The second-order valence-electron chi connectivity index (χ2n) is 7.16. The number of piperidine rings is 1. The van der Waals surface area contributed by atoms with E-state index in [0.717, 1.165) is 12.8 Å². The van der Waals surface area contributed by atoms with E-state index < -0.39 is 5.76 Å². The number of amides is 1. The van der Waals surface area contributed by atoms with Crippen molar-refractivity contribution in [2.24, 2.45) is 0 Å². The van der Waals surface area contributed by atoms with Gasteiger partial charge in [0.25, 0.3) is 5.89 Å². The standard InChI is InChI=1S/C20H24N4O6/c1-27-13-18-21-17(22-30-18)8-11-28-14-6-9-23(10-7-14)19(25)12-24-15-4-2-3-5-16(15)29-20(24)26/h2-5,14H,6-13H2,1H3. The van der Waals surface area contributed by atoms with E-state index in [9.17, 15) is 9.59 Å². The largest absolute Gasteiger partial charge is 0.420 e. The summed E-state index contributed by atoms with van der Waals surface area (Å²) >= 11 is 0. The Morgan fingerprint density at radius 1 is 1.27 bits per heavy atom. The maximum Gasteiger partial charge on any atom is 0.420 e. The summed E-state index contributed by atoms with van der Waals surface area (Å²) in [6.07, 6.45) is 2.13. The van der Waals surface area contributed by atoms with Gasteiger partial charge in [0.05, 0.1) is 18.2 Å². The second kappa shape index (κ2) is 9.23. The molecule has 0 unspecified atom stereocenters. The third-order valence-electron chi connectivity index (χ3n) is 5.12. The molecule has 1 fully saturated rings. The first-order valence-corrected chi connectivity index (χ1v) is 9.92. The maximum atomic E-state index is 12.7. The molecule has 3 heterocycles. The summed E-state index contributed by atoms with van der Waals surface area (Å²) in [5.41, 5.74) is 1.11. The third-order valence-corrected chi connectivity index (χ3v) is 5.12. The molecule has 0 atom stereocenters. The van der Waals surface area contributed by atoms with Crippen LogP contribution in [-0.2, 0) is 33.8 Å². The number of para-hydroxylation sites is 2. The zero-order chi connectivity index (χ0) is 20.9. The van der Waals surface area contributed by atoms with Gasteiger partial charge in [-0.3, -0.25) is 9.36 Å². The van der Waals surface area contributed by atoms with Crippen molar-refractivity contribution in [2.45, 2.75) is 38.5 Å². The number of fused-ring (bicyclic) bond motifs is 1. The van der Waals surface area contributed by atoms with Gasteiger partial charge in [0, 0.05) is 26.6 Å². The molecular formula is C20H24N4O6. The number of benzene rings is 1. The van der Waals surface area contributed by atoms with Gasteiger partial charge in [0.2, 0.25) is 5.91 Å². The molecule has 0 N–H and O–H groups in total. The highest BCUT2D eigenvalue weighted by atomic mass is 16.5. The Balaban J connectivity index is 1.23. The third kappa shape index (κ3) is 4.60. The Hall–Kier alpha value is -2.98. The predicted molar refractivity (Wildman–Crippen MR) is 105 cm³/mol. The number of nitrogens with zero attached hydrogens (tertiary/aromatic N) is 4. The van der Waals surface area contributed by atoms with Gasteiger partial charge < -0.3 is 23.3 Å². The average molecular weight is 416 g/mol. The first kappa shape index (κ1) is 20.3. The molecule has 1 aliphatic rings. The molecule has 30 heavy (non-hydrogen) atoms. The molecular weight excluding hydrogens is 392 g/mol. The first-order valence-electron chi connectivity index (χ1n) is 9.92. The number of ether oxygens (including phenoxy) is 2. The smallest absolute Gasteiger partial charge is 0.408 e. The van der Waals surface area contributed by atoms with Crippen LogP contribution in [0.1, 0.15) is 24.6 Å². The van der Waals surface area contributed by atoms with Gasteiger partial charge in [-0.2, -0.15) is 4.98 Å². The number of hydrogen-bond donors (Lipinski definition) is 0. The summed E-state index contributed by atoms with van der Waals surface area (Å²) in [5.74, 6) is 0.425. The van der Waals surface area contributed by atoms with E-state index in [-0.39, 0.29) is 18.6 Å². The Kier molecular flexibility index (Phi) is 6.24. The lowest BCUT2D eigenvalue weighted by Gasteiger charge is -2.32. The SMILES string of the molecule is COCc1nc(CCOC2CCN(C(=O)Cn3c(=O)oc4ccccc43)CC2)no1. The normalized spacial score (nSPS) is 15.2. The molecule has 0 bridgehead atoms. The van der Waals surface area contributed by atoms with Crippen molar-refractivity contribution in [3.63, 3.8) is 0 Å². The van der Waals surface area contributed by atoms with Gasteiger partial charge in [-0.05, 0) is 25.0 Å². The van der Waals surface area contributed by atoms with Crippen molar-refractivity contribution in [3.05, 3.63) is 46.5 Å². The van der Waals surface area contributed by atoms with E-state index in [4.69, 9.17) is 18.4 Å². The molecule has 0 saturated carbocycles. The van der Waals surface area contributed by atoms with Gasteiger partial charge in [-0.25, -0.2) is 4.79 Å². The first-order chi connectivity index (χ1) is 14.6. The molecule has 1 amide bonds. The summed E-state index contributed by atoms with van der Waals surface area (Å²) in [6, 6.07) is 7.09. The van der Waals surface area contributed by atoms with Gasteiger partial charge in [-0.1, -0.05) is 17.3 Å². The summed E-state index contributed by atoms with van der Waals surface area (Å²) in [4.78, 5) is 30.7. The predicted octanol–water partition coefficient (Wildman–Crippen LogP) is 1.37. The molecule has 0 aliphatic carbocycles. The van der Waals surface area contributed by atoms with E-state index >= 15 is 0 Å². The molecule has 0 radical (unpaired) electrons. The van der Waals surface area contributed by atoms with Crippen molar-refractivity contribution in [3.8, 4) is 0 Å². The van der Waals surface area contributed by atoms with Gasteiger partial charge in [0.15, 0.2) is 11.4 Å². The summed E-state index contributed by atoms with van der Waals surface area (Å²) in [6.45, 7) is 1.94. The zero-order valence-electron chi connectivity index (χ0n) is 16.8. The summed E-state index contributed by atoms with van der Waals surface area (Å²) < 4.78 is 22.5.